The molecule has 0 aliphatic rings. The fraction of sp³-hybridized carbons (Fsp3) is 0.231. The van der Waals surface area contributed by atoms with Crippen LogP contribution in [0.25, 0.3) is 10.1 Å². The largest absolute Gasteiger partial charge is 0.297 e. The molecule has 21 heavy (non-hydrogen) atoms. The third kappa shape index (κ3) is 2.89. The molecule has 0 aliphatic carbocycles. The Morgan fingerprint density at radius 2 is 2.33 bits per heavy atom. The maximum absolute atomic E-state index is 12.3. The van der Waals surface area contributed by atoms with Crippen molar-refractivity contribution in [1.29, 1.82) is 0 Å². The van der Waals surface area contributed by atoms with E-state index in [1.54, 1.807) is 17.4 Å². The average Bonchev–Trinajstić information content (AvgIpc) is 3.07. The predicted molar refractivity (Wildman–Crippen MR) is 76.8 cm³/mol. The molecule has 0 fully saturated rings. The van der Waals surface area contributed by atoms with Crippen LogP contribution >= 0.6 is 11.3 Å². The van der Waals surface area contributed by atoms with Gasteiger partial charge in [-0.05, 0) is 22.9 Å². The number of thiophene rings is 1. The third-order valence-electron chi connectivity index (χ3n) is 3.08. The van der Waals surface area contributed by atoms with Crippen LogP contribution in [0.5, 0.6) is 0 Å². The molecule has 0 unspecified atom stereocenters. The number of anilines is 1. The number of tetrazole rings is 1. The molecule has 0 saturated heterocycles. The van der Waals surface area contributed by atoms with E-state index in [1.807, 2.05) is 25.3 Å². The van der Waals surface area contributed by atoms with Crippen LogP contribution in [0, 0.1) is 13.0 Å². The van der Waals surface area contributed by atoms with Crippen molar-refractivity contribution in [2.45, 2.75) is 20.4 Å². The quantitative estimate of drug-likeness (QED) is 0.597. The van der Waals surface area contributed by atoms with E-state index in [4.69, 9.17) is 0 Å². The number of aromatic nitrogens is 4. The van der Waals surface area contributed by atoms with E-state index < -0.39 is 0 Å². The fourth-order valence-electron chi connectivity index (χ4n) is 2.01. The molecule has 0 aliphatic heterocycles. The van der Waals surface area contributed by atoms with Crippen LogP contribution < -0.4 is 5.32 Å². The van der Waals surface area contributed by atoms with Gasteiger partial charge in [-0.25, -0.2) is 16.0 Å². The molecule has 2 aromatic heterocycles. The van der Waals surface area contributed by atoms with Crippen LogP contribution in [0.2, 0.25) is 0 Å². The zero-order chi connectivity index (χ0) is 14.1. The van der Waals surface area contributed by atoms with Gasteiger partial charge in [-0.2, -0.15) is 0 Å². The number of hydrogen-bond acceptors (Lipinski definition) is 5. The van der Waals surface area contributed by atoms with Gasteiger partial charge in [-0.3, -0.25) is 10.1 Å². The predicted octanol–water partition coefficient (Wildman–Crippen LogP) is 2.27. The summed E-state index contributed by atoms with van der Waals surface area (Å²) in [6.45, 7) is 4.44. The second kappa shape index (κ2) is 6.45. The number of nitrogens with zero attached hydrogens (tertiary/aromatic N) is 4. The van der Waals surface area contributed by atoms with Gasteiger partial charge in [0.15, 0.2) is 0 Å². The van der Waals surface area contributed by atoms with Gasteiger partial charge in [-0.15, -0.1) is 29.1 Å². The number of fused-ring (bicyclic) bond motifs is 1. The Bertz CT molecular complexity index is 782. The topological polar surface area (TPSA) is 72.7 Å². The SMILES string of the molecule is CCn1nnnc1NC(=O)c1c[c-]c2ccsc2c1C.[W]. The number of nitrogens with one attached hydrogen (secondary N) is 1. The zero-order valence-corrected chi connectivity index (χ0v) is 15.2. The van der Waals surface area contributed by atoms with Crippen molar-refractivity contribution in [2.75, 3.05) is 5.32 Å². The number of aryl methyl sites for hydroxylation is 2. The molecular weight excluding hydrogens is 458 g/mol. The first kappa shape index (κ1) is 15.8. The second-order valence-corrected chi connectivity index (χ2v) is 5.18. The summed E-state index contributed by atoms with van der Waals surface area (Å²) in [6, 6.07) is 6.82. The monoisotopic (exact) mass is 470 g/mol. The minimum Gasteiger partial charge on any atom is -0.297 e. The molecule has 8 heteroatoms. The van der Waals surface area contributed by atoms with Gasteiger partial charge in [0.25, 0.3) is 0 Å². The number of carbonyl (C=O) groups is 1. The van der Waals surface area contributed by atoms with Gasteiger partial charge < -0.3 is 0 Å². The molecule has 3 rings (SSSR count). The van der Waals surface area contributed by atoms with Crippen molar-refractivity contribution in [3.05, 3.63) is 34.7 Å². The van der Waals surface area contributed by atoms with E-state index in [0.717, 1.165) is 15.6 Å². The summed E-state index contributed by atoms with van der Waals surface area (Å²) in [6.07, 6.45) is 0. The number of carbonyl (C=O) groups excluding carboxylic acids is 1. The van der Waals surface area contributed by atoms with Crippen molar-refractivity contribution in [1.82, 2.24) is 20.2 Å². The van der Waals surface area contributed by atoms with Crippen molar-refractivity contribution in [3.8, 4) is 0 Å². The smallest absolute Gasteiger partial charge is 0.249 e. The fourth-order valence-corrected chi connectivity index (χ4v) is 2.89. The number of rotatable bonds is 3. The van der Waals surface area contributed by atoms with E-state index in [9.17, 15) is 4.79 Å². The molecule has 0 radical (unpaired) electrons. The molecule has 0 saturated carbocycles. The van der Waals surface area contributed by atoms with Crippen LogP contribution in [0.3, 0.4) is 0 Å². The first-order valence-electron chi connectivity index (χ1n) is 6.16. The first-order valence-corrected chi connectivity index (χ1v) is 7.04. The Kier molecular flexibility index (Phi) is 4.85. The molecular formula is C13H12N5OSW-. The van der Waals surface area contributed by atoms with Gasteiger partial charge in [0.05, 0.1) is 0 Å². The number of amides is 1. The van der Waals surface area contributed by atoms with Crippen LogP contribution in [-0.4, -0.2) is 26.1 Å². The normalized spacial score (nSPS) is 10.4. The van der Waals surface area contributed by atoms with Crippen LogP contribution in [0.4, 0.5) is 5.95 Å². The Morgan fingerprint density at radius 3 is 3.10 bits per heavy atom. The maximum Gasteiger partial charge on any atom is 0.249 e. The average molecular weight is 470 g/mol. The first-order chi connectivity index (χ1) is 9.70. The summed E-state index contributed by atoms with van der Waals surface area (Å²) < 4.78 is 2.60. The van der Waals surface area contributed by atoms with Gasteiger partial charge >= 0.3 is 0 Å². The Morgan fingerprint density at radius 1 is 1.52 bits per heavy atom. The Balaban J connectivity index is 0.00000161. The molecule has 1 N–H and O–H groups in total. The van der Waals surface area contributed by atoms with Crippen LogP contribution in [-0.2, 0) is 27.6 Å². The third-order valence-corrected chi connectivity index (χ3v) is 4.12. The molecule has 1 aromatic carbocycles. The standard InChI is InChI=1S/C13H12N5OS.W/c1-3-18-13(15-16-17-18)14-12(19)10-5-4-9-6-7-20-11(9)8(10)2;/h5-7H,3H2,1-2H3,(H,14,15,17,19);/q-1;. The van der Waals surface area contributed by atoms with E-state index in [-0.39, 0.29) is 27.0 Å². The van der Waals surface area contributed by atoms with Crippen LogP contribution in [0.1, 0.15) is 22.8 Å². The van der Waals surface area contributed by atoms with Crippen molar-refractivity contribution >= 4 is 33.3 Å². The van der Waals surface area contributed by atoms with E-state index in [1.165, 1.54) is 4.68 Å². The molecule has 0 atom stereocenters. The van der Waals surface area contributed by atoms with Crippen LogP contribution in [0.15, 0.2) is 17.5 Å². The van der Waals surface area contributed by atoms with Crippen molar-refractivity contribution < 1.29 is 25.9 Å². The van der Waals surface area contributed by atoms with Gasteiger partial charge in [-0.1, -0.05) is 22.1 Å². The summed E-state index contributed by atoms with van der Waals surface area (Å²) in [5.74, 6) is 0.127. The number of hydrogen-bond donors (Lipinski definition) is 1. The van der Waals surface area contributed by atoms with Gasteiger partial charge in [0.2, 0.25) is 11.9 Å². The molecule has 2 heterocycles. The molecule has 108 valence electrons. The Labute approximate surface area is 139 Å². The Hall–Kier alpha value is -1.59. The summed E-state index contributed by atoms with van der Waals surface area (Å²) in [7, 11) is 0. The molecule has 6 nitrogen and oxygen atoms in total. The maximum atomic E-state index is 12.3. The van der Waals surface area contributed by atoms with E-state index in [2.05, 4.69) is 26.9 Å². The molecule has 0 spiro atoms. The number of benzene rings is 1. The second-order valence-electron chi connectivity index (χ2n) is 4.26. The van der Waals surface area contributed by atoms with E-state index in [0.29, 0.717) is 18.1 Å². The summed E-state index contributed by atoms with van der Waals surface area (Å²) >= 11 is 1.60. The van der Waals surface area contributed by atoms with Crippen molar-refractivity contribution in [3.63, 3.8) is 0 Å². The zero-order valence-electron chi connectivity index (χ0n) is 11.5. The van der Waals surface area contributed by atoms with Gasteiger partial charge in [0.1, 0.15) is 0 Å². The summed E-state index contributed by atoms with van der Waals surface area (Å²) in [5.41, 5.74) is 1.53. The molecule has 3 aromatic rings. The van der Waals surface area contributed by atoms with E-state index >= 15 is 0 Å². The summed E-state index contributed by atoms with van der Waals surface area (Å²) in [5, 5.41) is 16.9. The minimum atomic E-state index is -0.224. The van der Waals surface area contributed by atoms with Gasteiger partial charge in [0, 0.05) is 27.6 Å². The van der Waals surface area contributed by atoms with Crippen molar-refractivity contribution in [2.24, 2.45) is 0 Å². The molecule has 1 amide bonds. The minimum absolute atomic E-state index is 0. The molecule has 0 bridgehead atoms. The summed E-state index contributed by atoms with van der Waals surface area (Å²) in [4.78, 5) is 12.3.